The van der Waals surface area contributed by atoms with Crippen LogP contribution in [0.1, 0.15) is 104 Å². The maximum absolute atomic E-state index is 13.6. The van der Waals surface area contributed by atoms with Gasteiger partial charge in [-0.25, -0.2) is 4.79 Å². The molecule has 36 heavy (non-hydrogen) atoms. The van der Waals surface area contributed by atoms with Crippen molar-refractivity contribution in [3.05, 3.63) is 35.4 Å². The maximum Gasteiger partial charge on any atom is 0.408 e. The average molecular weight is 500 g/mol. The molecule has 7 nitrogen and oxygen atoms in total. The number of carbonyl (C=O) groups is 3. The summed E-state index contributed by atoms with van der Waals surface area (Å²) in [6.45, 7) is 13.2. The molecule has 0 spiro atoms. The Labute approximate surface area is 217 Å². The lowest BCUT2D eigenvalue weighted by Gasteiger charge is -2.34. The van der Waals surface area contributed by atoms with Gasteiger partial charge in [-0.15, -0.1) is 6.42 Å². The number of benzene rings is 1. The van der Waals surface area contributed by atoms with Gasteiger partial charge in [0.05, 0.1) is 0 Å². The molecular weight excluding hydrogens is 454 g/mol. The molecule has 0 saturated carbocycles. The second-order valence-corrected chi connectivity index (χ2v) is 11.1. The molecule has 1 atom stereocenters. The normalized spacial score (nSPS) is 12.3. The first kappa shape index (κ1) is 31.0. The van der Waals surface area contributed by atoms with E-state index in [2.05, 4.69) is 23.5 Å². The van der Waals surface area contributed by atoms with E-state index in [9.17, 15) is 14.4 Å². The average Bonchev–Trinajstić information content (AvgIpc) is 2.76. The van der Waals surface area contributed by atoms with Crippen molar-refractivity contribution in [2.24, 2.45) is 0 Å². The summed E-state index contributed by atoms with van der Waals surface area (Å²) in [5, 5.41) is 5.54. The van der Waals surface area contributed by atoms with E-state index in [1.54, 1.807) is 45.0 Å². The number of terminal acetylenes is 1. The van der Waals surface area contributed by atoms with Gasteiger partial charge in [0.2, 0.25) is 11.8 Å². The molecule has 0 aliphatic heterocycles. The van der Waals surface area contributed by atoms with Crippen LogP contribution in [-0.4, -0.2) is 47.0 Å². The quantitative estimate of drug-likeness (QED) is 0.300. The first-order chi connectivity index (χ1) is 16.8. The summed E-state index contributed by atoms with van der Waals surface area (Å²) in [5.41, 5.74) is -0.0679. The second kappa shape index (κ2) is 14.5. The Balaban J connectivity index is 3.27. The molecule has 0 radical (unpaired) electrons. The Morgan fingerprint density at radius 1 is 1.00 bits per heavy atom. The van der Waals surface area contributed by atoms with Gasteiger partial charge in [-0.05, 0) is 59.6 Å². The molecule has 0 aromatic heterocycles. The van der Waals surface area contributed by atoms with Crippen LogP contribution in [0.2, 0.25) is 0 Å². The van der Waals surface area contributed by atoms with Crippen LogP contribution < -0.4 is 10.6 Å². The van der Waals surface area contributed by atoms with E-state index in [0.29, 0.717) is 17.7 Å². The number of carbonyl (C=O) groups excluding carboxylic acids is 3. The van der Waals surface area contributed by atoms with E-state index in [-0.39, 0.29) is 18.4 Å². The SMILES string of the molecule is C#Cc1ccccc1C(C(=O)NC(C)(C)C)N(CCCCCCCC)C(=O)CNC(=O)OC(C)(C)C. The molecular formula is C29H45N3O4. The fourth-order valence-electron chi connectivity index (χ4n) is 3.78. The molecule has 7 heteroatoms. The zero-order chi connectivity index (χ0) is 27.4. The molecule has 1 aromatic carbocycles. The Morgan fingerprint density at radius 3 is 2.19 bits per heavy atom. The zero-order valence-corrected chi connectivity index (χ0v) is 23.2. The van der Waals surface area contributed by atoms with Gasteiger partial charge >= 0.3 is 6.09 Å². The molecule has 1 aromatic rings. The minimum atomic E-state index is -0.931. The molecule has 1 unspecified atom stereocenters. The summed E-state index contributed by atoms with van der Waals surface area (Å²) < 4.78 is 5.27. The van der Waals surface area contributed by atoms with Crippen LogP contribution in [0.5, 0.6) is 0 Å². The molecule has 2 N–H and O–H groups in total. The van der Waals surface area contributed by atoms with Crippen molar-refractivity contribution < 1.29 is 19.1 Å². The lowest BCUT2D eigenvalue weighted by molar-refractivity contribution is -0.141. The van der Waals surface area contributed by atoms with Crippen molar-refractivity contribution >= 4 is 17.9 Å². The monoisotopic (exact) mass is 499 g/mol. The van der Waals surface area contributed by atoms with Crippen LogP contribution in [0.4, 0.5) is 4.79 Å². The Morgan fingerprint density at radius 2 is 1.61 bits per heavy atom. The number of rotatable bonds is 12. The van der Waals surface area contributed by atoms with Crippen LogP contribution >= 0.6 is 0 Å². The Hall–Kier alpha value is -3.01. The molecule has 200 valence electrons. The molecule has 0 heterocycles. The maximum atomic E-state index is 13.6. The summed E-state index contributed by atoms with van der Waals surface area (Å²) in [4.78, 5) is 40.8. The standard InChI is InChI=1S/C29H45N3O4/c1-9-11-12-13-14-17-20-32(24(33)21-30-27(35)36-29(6,7)8)25(26(34)31-28(3,4)5)23-19-16-15-18-22(23)10-2/h2,15-16,18-19,25H,9,11-14,17,20-21H2,1,3-8H3,(H,30,35)(H,31,34). The predicted molar refractivity (Wildman–Crippen MR) is 144 cm³/mol. The van der Waals surface area contributed by atoms with E-state index in [1.807, 2.05) is 20.8 Å². The Bertz CT molecular complexity index is 906. The van der Waals surface area contributed by atoms with Gasteiger partial charge in [-0.2, -0.15) is 0 Å². The fraction of sp³-hybridized carbons (Fsp3) is 0.621. The number of nitrogens with one attached hydrogen (secondary N) is 2. The first-order valence-corrected chi connectivity index (χ1v) is 12.9. The lowest BCUT2D eigenvalue weighted by Crippen LogP contribution is -2.51. The van der Waals surface area contributed by atoms with Crippen molar-refractivity contribution in [1.29, 1.82) is 0 Å². The minimum Gasteiger partial charge on any atom is -0.444 e. The summed E-state index contributed by atoms with van der Waals surface area (Å²) in [6.07, 6.45) is 11.3. The van der Waals surface area contributed by atoms with Gasteiger partial charge in [0.25, 0.3) is 0 Å². The summed E-state index contributed by atoms with van der Waals surface area (Å²) in [6, 6.07) is 6.23. The molecule has 3 amide bonds. The van der Waals surface area contributed by atoms with Crippen LogP contribution in [-0.2, 0) is 14.3 Å². The van der Waals surface area contributed by atoms with Gasteiger partial charge in [0.1, 0.15) is 18.2 Å². The molecule has 0 bridgehead atoms. The zero-order valence-electron chi connectivity index (χ0n) is 23.2. The number of nitrogens with zero attached hydrogens (tertiary/aromatic N) is 1. The largest absolute Gasteiger partial charge is 0.444 e. The van der Waals surface area contributed by atoms with Crippen molar-refractivity contribution in [2.75, 3.05) is 13.1 Å². The third-order valence-corrected chi connectivity index (χ3v) is 5.32. The molecule has 0 saturated heterocycles. The van der Waals surface area contributed by atoms with Crippen LogP contribution in [0.3, 0.4) is 0 Å². The summed E-state index contributed by atoms with van der Waals surface area (Å²) >= 11 is 0. The van der Waals surface area contributed by atoms with E-state index in [1.165, 1.54) is 11.3 Å². The van der Waals surface area contributed by atoms with Crippen LogP contribution in [0, 0.1) is 12.3 Å². The predicted octanol–water partition coefficient (Wildman–Crippen LogP) is 5.34. The van der Waals surface area contributed by atoms with Crippen molar-refractivity contribution in [1.82, 2.24) is 15.5 Å². The van der Waals surface area contributed by atoms with Gasteiger partial charge in [-0.3, -0.25) is 9.59 Å². The second-order valence-electron chi connectivity index (χ2n) is 11.1. The summed E-state index contributed by atoms with van der Waals surface area (Å²) in [7, 11) is 0. The van der Waals surface area contributed by atoms with Gasteiger partial charge in [0.15, 0.2) is 0 Å². The van der Waals surface area contributed by atoms with E-state index < -0.39 is 23.3 Å². The molecule has 1 rings (SSSR count). The number of hydrogen-bond acceptors (Lipinski definition) is 4. The number of hydrogen-bond donors (Lipinski definition) is 2. The van der Waals surface area contributed by atoms with Crippen molar-refractivity contribution in [2.45, 2.75) is 104 Å². The van der Waals surface area contributed by atoms with Crippen LogP contribution in [0.15, 0.2) is 24.3 Å². The highest BCUT2D eigenvalue weighted by Crippen LogP contribution is 2.26. The molecule has 0 fully saturated rings. The fourth-order valence-corrected chi connectivity index (χ4v) is 3.78. The highest BCUT2D eigenvalue weighted by Gasteiger charge is 2.34. The number of unbranched alkanes of at least 4 members (excludes halogenated alkanes) is 5. The van der Waals surface area contributed by atoms with E-state index in [0.717, 1.165) is 32.1 Å². The molecule has 0 aliphatic rings. The third kappa shape index (κ3) is 11.6. The van der Waals surface area contributed by atoms with Gasteiger partial charge in [-0.1, -0.05) is 63.1 Å². The van der Waals surface area contributed by atoms with Crippen molar-refractivity contribution in [3.63, 3.8) is 0 Å². The van der Waals surface area contributed by atoms with Crippen molar-refractivity contribution in [3.8, 4) is 12.3 Å². The highest BCUT2D eigenvalue weighted by molar-refractivity contribution is 5.91. The first-order valence-electron chi connectivity index (χ1n) is 12.9. The lowest BCUT2D eigenvalue weighted by atomic mass is 9.96. The smallest absolute Gasteiger partial charge is 0.408 e. The number of ether oxygens (including phenoxy) is 1. The number of amides is 3. The van der Waals surface area contributed by atoms with Gasteiger partial charge in [0, 0.05) is 17.6 Å². The third-order valence-electron chi connectivity index (χ3n) is 5.32. The summed E-state index contributed by atoms with van der Waals surface area (Å²) in [5.74, 6) is 1.95. The Kier molecular flexibility index (Phi) is 12.5. The highest BCUT2D eigenvalue weighted by atomic mass is 16.6. The van der Waals surface area contributed by atoms with E-state index >= 15 is 0 Å². The molecule has 0 aliphatic carbocycles. The van der Waals surface area contributed by atoms with Gasteiger partial charge < -0.3 is 20.3 Å². The van der Waals surface area contributed by atoms with E-state index in [4.69, 9.17) is 11.2 Å². The number of alkyl carbamates (subject to hydrolysis) is 1. The van der Waals surface area contributed by atoms with Crippen LogP contribution in [0.25, 0.3) is 0 Å². The minimum absolute atomic E-state index is 0.289. The topological polar surface area (TPSA) is 87.7 Å².